The number of carbonyl (C=O) groups excluding carboxylic acids is 1. The average Bonchev–Trinajstić information content (AvgIpc) is 2.15. The highest BCUT2D eigenvalue weighted by Crippen LogP contribution is 2.05. The molecule has 0 rings (SSSR count). The van der Waals surface area contributed by atoms with Gasteiger partial charge in [0, 0.05) is 13.0 Å². The molecule has 0 unspecified atom stereocenters. The molecule has 0 bridgehead atoms. The summed E-state index contributed by atoms with van der Waals surface area (Å²) >= 11 is 0. The van der Waals surface area contributed by atoms with Crippen LogP contribution in [0.25, 0.3) is 0 Å². The molecular weight excluding hydrogens is 182 g/mol. The standard InChI is InChI=1S/C10H19NO3/c12-9-7-5-3-1-2-4-6-8-11-10(13)14/h9,11H,1-8H2,(H,13,14). The third-order valence-electron chi connectivity index (χ3n) is 2.02. The Morgan fingerprint density at radius 1 is 1.07 bits per heavy atom. The maximum absolute atomic E-state index is 10.1. The number of hydrogen-bond acceptors (Lipinski definition) is 2. The third-order valence-corrected chi connectivity index (χ3v) is 2.02. The SMILES string of the molecule is O=CCCCCCCCCNC(=O)O. The Labute approximate surface area is 84.7 Å². The second-order valence-electron chi connectivity index (χ2n) is 3.31. The van der Waals surface area contributed by atoms with Crippen LogP contribution < -0.4 is 5.32 Å². The Kier molecular flexibility index (Phi) is 9.26. The summed E-state index contributed by atoms with van der Waals surface area (Å²) < 4.78 is 0. The molecule has 0 atom stereocenters. The zero-order valence-electron chi connectivity index (χ0n) is 8.50. The summed E-state index contributed by atoms with van der Waals surface area (Å²) in [5.74, 6) is 0. The lowest BCUT2D eigenvalue weighted by atomic mass is 10.1. The summed E-state index contributed by atoms with van der Waals surface area (Å²) in [6, 6.07) is 0. The summed E-state index contributed by atoms with van der Waals surface area (Å²) in [4.78, 5) is 20.0. The molecule has 82 valence electrons. The van der Waals surface area contributed by atoms with Crippen LogP contribution in [-0.4, -0.2) is 24.0 Å². The monoisotopic (exact) mass is 201 g/mol. The van der Waals surface area contributed by atoms with E-state index in [-0.39, 0.29) is 0 Å². The number of carbonyl (C=O) groups is 2. The minimum absolute atomic E-state index is 0.545. The average molecular weight is 201 g/mol. The van der Waals surface area contributed by atoms with Gasteiger partial charge in [-0.1, -0.05) is 25.7 Å². The van der Waals surface area contributed by atoms with Crippen molar-refractivity contribution in [3.8, 4) is 0 Å². The van der Waals surface area contributed by atoms with Crippen molar-refractivity contribution in [1.29, 1.82) is 0 Å². The molecule has 0 radical (unpaired) electrons. The van der Waals surface area contributed by atoms with Crippen LogP contribution in [0.2, 0.25) is 0 Å². The van der Waals surface area contributed by atoms with Crippen molar-refractivity contribution in [3.05, 3.63) is 0 Å². The molecule has 0 aromatic rings. The van der Waals surface area contributed by atoms with Crippen LogP contribution >= 0.6 is 0 Å². The van der Waals surface area contributed by atoms with E-state index in [1.54, 1.807) is 0 Å². The van der Waals surface area contributed by atoms with Crippen LogP contribution in [0.4, 0.5) is 4.79 Å². The highest BCUT2D eigenvalue weighted by atomic mass is 16.4. The Bertz CT molecular complexity index is 159. The molecule has 2 N–H and O–H groups in total. The van der Waals surface area contributed by atoms with Crippen molar-refractivity contribution >= 4 is 12.4 Å². The largest absolute Gasteiger partial charge is 0.465 e. The van der Waals surface area contributed by atoms with E-state index in [0.29, 0.717) is 13.0 Å². The van der Waals surface area contributed by atoms with Gasteiger partial charge in [0.2, 0.25) is 0 Å². The topological polar surface area (TPSA) is 66.4 Å². The fourth-order valence-corrected chi connectivity index (χ4v) is 1.26. The maximum atomic E-state index is 10.1. The molecule has 0 spiro atoms. The van der Waals surface area contributed by atoms with Gasteiger partial charge in [0.25, 0.3) is 0 Å². The lowest BCUT2D eigenvalue weighted by molar-refractivity contribution is -0.107. The van der Waals surface area contributed by atoms with Gasteiger partial charge in [0.15, 0.2) is 0 Å². The second-order valence-corrected chi connectivity index (χ2v) is 3.31. The molecule has 14 heavy (non-hydrogen) atoms. The fraction of sp³-hybridized carbons (Fsp3) is 0.800. The van der Waals surface area contributed by atoms with Gasteiger partial charge in [-0.3, -0.25) is 0 Å². The Hall–Kier alpha value is -1.06. The first-order valence-electron chi connectivity index (χ1n) is 5.18. The molecule has 0 aliphatic rings. The molecule has 0 fully saturated rings. The second kappa shape index (κ2) is 10.0. The van der Waals surface area contributed by atoms with E-state index in [2.05, 4.69) is 5.32 Å². The molecule has 4 nitrogen and oxygen atoms in total. The number of nitrogens with one attached hydrogen (secondary N) is 1. The first kappa shape index (κ1) is 12.9. The van der Waals surface area contributed by atoms with Crippen molar-refractivity contribution < 1.29 is 14.7 Å². The van der Waals surface area contributed by atoms with E-state index in [1.165, 1.54) is 0 Å². The highest BCUT2D eigenvalue weighted by Gasteiger charge is 1.93. The number of rotatable bonds is 9. The van der Waals surface area contributed by atoms with E-state index in [4.69, 9.17) is 5.11 Å². The van der Waals surface area contributed by atoms with Crippen LogP contribution in [-0.2, 0) is 4.79 Å². The molecule has 0 heterocycles. The third kappa shape index (κ3) is 10.9. The van der Waals surface area contributed by atoms with Gasteiger partial charge in [-0.05, 0) is 12.8 Å². The summed E-state index contributed by atoms with van der Waals surface area (Å²) in [5.41, 5.74) is 0. The highest BCUT2D eigenvalue weighted by molar-refractivity contribution is 5.64. The summed E-state index contributed by atoms with van der Waals surface area (Å²) in [5, 5.41) is 10.6. The Morgan fingerprint density at radius 3 is 2.21 bits per heavy atom. The maximum Gasteiger partial charge on any atom is 0.404 e. The van der Waals surface area contributed by atoms with E-state index < -0.39 is 6.09 Å². The minimum atomic E-state index is -0.948. The number of aldehydes is 1. The molecule has 0 aromatic heterocycles. The molecule has 0 saturated carbocycles. The normalized spacial score (nSPS) is 9.71. The van der Waals surface area contributed by atoms with E-state index in [9.17, 15) is 9.59 Å². The fourth-order valence-electron chi connectivity index (χ4n) is 1.26. The van der Waals surface area contributed by atoms with Gasteiger partial charge in [-0.25, -0.2) is 4.79 Å². The van der Waals surface area contributed by atoms with Gasteiger partial charge < -0.3 is 15.2 Å². The Morgan fingerprint density at radius 2 is 1.64 bits per heavy atom. The van der Waals surface area contributed by atoms with Crippen LogP contribution in [0.5, 0.6) is 0 Å². The van der Waals surface area contributed by atoms with E-state index in [1.807, 2.05) is 0 Å². The molecule has 0 aliphatic heterocycles. The summed E-state index contributed by atoms with van der Waals surface area (Å²) in [7, 11) is 0. The van der Waals surface area contributed by atoms with Crippen molar-refractivity contribution in [2.75, 3.05) is 6.54 Å². The van der Waals surface area contributed by atoms with Crippen molar-refractivity contribution in [3.63, 3.8) is 0 Å². The zero-order chi connectivity index (χ0) is 10.6. The Balaban J connectivity index is 2.92. The number of hydrogen-bond donors (Lipinski definition) is 2. The molecule has 1 amide bonds. The van der Waals surface area contributed by atoms with Crippen molar-refractivity contribution in [2.24, 2.45) is 0 Å². The van der Waals surface area contributed by atoms with Gasteiger partial charge in [0.05, 0.1) is 0 Å². The van der Waals surface area contributed by atoms with Gasteiger partial charge in [0.1, 0.15) is 6.29 Å². The minimum Gasteiger partial charge on any atom is -0.465 e. The van der Waals surface area contributed by atoms with Crippen LogP contribution in [0.1, 0.15) is 44.9 Å². The van der Waals surface area contributed by atoms with Gasteiger partial charge in [-0.15, -0.1) is 0 Å². The van der Waals surface area contributed by atoms with Crippen LogP contribution in [0.15, 0.2) is 0 Å². The molecular formula is C10H19NO3. The van der Waals surface area contributed by atoms with E-state index in [0.717, 1.165) is 44.8 Å². The van der Waals surface area contributed by atoms with Crippen LogP contribution in [0, 0.1) is 0 Å². The summed E-state index contributed by atoms with van der Waals surface area (Å²) in [6.45, 7) is 0.545. The molecule has 4 heteroatoms. The van der Waals surface area contributed by atoms with Crippen LogP contribution in [0.3, 0.4) is 0 Å². The van der Waals surface area contributed by atoms with E-state index >= 15 is 0 Å². The van der Waals surface area contributed by atoms with Gasteiger partial charge >= 0.3 is 6.09 Å². The zero-order valence-corrected chi connectivity index (χ0v) is 8.50. The van der Waals surface area contributed by atoms with Gasteiger partial charge in [-0.2, -0.15) is 0 Å². The number of unbranched alkanes of at least 4 members (excludes halogenated alkanes) is 6. The molecule has 0 saturated heterocycles. The predicted molar refractivity (Wildman–Crippen MR) is 54.4 cm³/mol. The lowest BCUT2D eigenvalue weighted by Crippen LogP contribution is -2.21. The molecule has 0 aliphatic carbocycles. The quantitative estimate of drug-likeness (QED) is 0.444. The summed E-state index contributed by atoms with van der Waals surface area (Å²) in [6.07, 6.45) is 6.98. The first-order valence-corrected chi connectivity index (χ1v) is 5.18. The van der Waals surface area contributed by atoms with Crippen molar-refractivity contribution in [2.45, 2.75) is 44.9 Å². The number of amides is 1. The lowest BCUT2D eigenvalue weighted by Gasteiger charge is -2.01. The smallest absolute Gasteiger partial charge is 0.404 e. The first-order chi connectivity index (χ1) is 6.77. The predicted octanol–water partition coefficient (Wildman–Crippen LogP) is 2.18. The van der Waals surface area contributed by atoms with Crippen molar-refractivity contribution in [1.82, 2.24) is 5.32 Å². The molecule has 0 aromatic carbocycles. The number of carboxylic acid groups (broad SMARTS) is 1.